The number of likely N-dealkylation sites (tertiary alicyclic amines) is 3. The van der Waals surface area contributed by atoms with Crippen molar-refractivity contribution in [1.29, 1.82) is 15.8 Å². The molecule has 3 amide bonds. The standard InChI is InChI=1S/2C33H29Cl2N3O3.C32H34Cl2N4O/c34-28-17-29(35)19-30(18-28)37-32(40)22-41-33(11-13-38(14-12-33)21-24-4-2-6-31(39)16-24)27-9-7-25(8-10-27)26-5-1-3-23(15-26)20-36;34-28-17-29(35)19-30(18-28)37-32(40)22-41-33(12-14-38(15-13-33)21-23-4-10-31(39)11-5-23)27-8-6-25(7-9-27)26-3-1-2-24(16-26)20-36;1-37(22-31(39)36-29-19-27(33)18-28(34)20-29)32(13-15-38(16-14-32)30-7-2-3-8-30)26-11-9-24(10-12-26)25-6-4-5-23(17-25)21-35/h1-10,15-19,39H,11-14,21-22H2,(H,37,40);1-11,16-19,39H,12-15,21-22H2,(H,37,40);4-6,9-12,17-20,30H,2-3,7-8,13-16,22H2,1H3,(H,36,39). The molecule has 0 unspecified atom stereocenters. The van der Waals surface area contributed by atoms with E-state index in [1.807, 2.05) is 121 Å². The average molecular weight is 1730 g/mol. The summed E-state index contributed by atoms with van der Waals surface area (Å²) in [7, 11) is 2.06. The number of hydrogen-bond acceptors (Lipinski definition) is 14. The molecule has 15 rings (SSSR count). The quantitative estimate of drug-likeness (QED) is 0.0401. The number of hydrogen-bond donors (Lipinski definition) is 5. The van der Waals surface area contributed by atoms with Crippen molar-refractivity contribution in [1.82, 2.24) is 19.6 Å². The highest BCUT2D eigenvalue weighted by molar-refractivity contribution is 6.36. The highest BCUT2D eigenvalue weighted by Crippen LogP contribution is 2.44. The van der Waals surface area contributed by atoms with Gasteiger partial charge in [0.05, 0.1) is 52.6 Å². The number of phenols is 2. The molecule has 0 spiro atoms. The molecular formula is C98H92Cl6N10O7. The summed E-state index contributed by atoms with van der Waals surface area (Å²) in [6.07, 6.45) is 9.93. The molecule has 0 aromatic heterocycles. The molecule has 0 bridgehead atoms. The van der Waals surface area contributed by atoms with Crippen LogP contribution in [0.3, 0.4) is 0 Å². The third-order valence-corrected chi connectivity index (χ3v) is 24.5. The Kier molecular flexibility index (Phi) is 30.1. The lowest BCUT2D eigenvalue weighted by Gasteiger charge is -2.49. The van der Waals surface area contributed by atoms with Crippen LogP contribution in [-0.4, -0.2) is 120 Å². The summed E-state index contributed by atoms with van der Waals surface area (Å²) in [6.45, 7) is 6.57. The molecule has 5 N–H and O–H groups in total. The Labute approximate surface area is 737 Å². The fourth-order valence-corrected chi connectivity index (χ4v) is 18.4. The average Bonchev–Trinajstić information content (AvgIpc) is 1.48. The van der Waals surface area contributed by atoms with Crippen LogP contribution in [-0.2, 0) is 53.7 Å². The number of carbonyl (C=O) groups is 3. The van der Waals surface area contributed by atoms with E-state index in [0.29, 0.717) is 102 Å². The minimum absolute atomic E-state index is 0.0987. The molecule has 4 fully saturated rings. The minimum Gasteiger partial charge on any atom is -0.508 e. The van der Waals surface area contributed by atoms with Gasteiger partial charge in [-0.1, -0.05) is 216 Å². The van der Waals surface area contributed by atoms with Gasteiger partial charge in [-0.15, -0.1) is 0 Å². The van der Waals surface area contributed by atoms with Crippen LogP contribution in [0.5, 0.6) is 11.5 Å². The van der Waals surface area contributed by atoms with Crippen LogP contribution in [0.1, 0.15) is 109 Å². The summed E-state index contributed by atoms with van der Waals surface area (Å²) >= 11 is 36.6. The van der Waals surface area contributed by atoms with Crippen LogP contribution in [0.15, 0.2) is 249 Å². The van der Waals surface area contributed by atoms with Gasteiger partial charge in [0.1, 0.15) is 24.7 Å². The molecule has 3 heterocycles. The fourth-order valence-electron chi connectivity index (χ4n) is 16.8. The van der Waals surface area contributed by atoms with E-state index < -0.39 is 11.2 Å². The summed E-state index contributed by atoms with van der Waals surface area (Å²) in [5.41, 5.74) is 13.3. The number of amides is 3. The minimum atomic E-state index is -0.661. The maximum absolute atomic E-state index is 13.2. The number of carbonyl (C=O) groups excluding carboxylic acids is 3. The Morgan fingerprint density at radius 1 is 0.405 bits per heavy atom. The zero-order chi connectivity index (χ0) is 85.1. The second-order valence-corrected chi connectivity index (χ2v) is 33.9. The number of likely N-dealkylation sites (N-methyl/N-ethyl adjacent to an activating group) is 1. The van der Waals surface area contributed by atoms with Crippen molar-refractivity contribution in [2.75, 3.05) is 82.0 Å². The molecule has 1 aliphatic carbocycles. The molecule has 0 radical (unpaired) electrons. The lowest BCUT2D eigenvalue weighted by molar-refractivity contribution is -0.135. The van der Waals surface area contributed by atoms with Crippen LogP contribution in [0, 0.1) is 34.0 Å². The van der Waals surface area contributed by atoms with Gasteiger partial charge in [0, 0.05) is 111 Å². The van der Waals surface area contributed by atoms with Crippen molar-refractivity contribution < 1.29 is 34.1 Å². The first-order valence-electron chi connectivity index (χ1n) is 40.3. The van der Waals surface area contributed by atoms with Gasteiger partial charge < -0.3 is 40.5 Å². The Hall–Kier alpha value is -10.6. The maximum atomic E-state index is 13.2. The predicted octanol–water partition coefficient (Wildman–Crippen LogP) is 22.1. The van der Waals surface area contributed by atoms with Crippen LogP contribution in [0.25, 0.3) is 33.4 Å². The molecule has 3 aliphatic heterocycles. The predicted molar refractivity (Wildman–Crippen MR) is 483 cm³/mol. The van der Waals surface area contributed by atoms with Crippen molar-refractivity contribution in [2.45, 2.75) is 100 Å². The third kappa shape index (κ3) is 23.8. The van der Waals surface area contributed by atoms with E-state index >= 15 is 0 Å². The molecule has 0 atom stereocenters. The number of nitrogens with one attached hydrogen (secondary N) is 3. The van der Waals surface area contributed by atoms with Gasteiger partial charge in [-0.05, 0) is 235 Å². The SMILES string of the molecule is CN(CC(=O)Nc1cc(Cl)cc(Cl)c1)C1(c2ccc(-c3cccc(C#N)c3)cc2)CCN(C2CCCC2)CC1.N#Cc1cccc(-c2ccc(C3(OCC(=O)Nc4cc(Cl)cc(Cl)c4)CCN(Cc4ccc(O)cc4)CC3)cc2)c1.N#Cc1cccc(-c2ccc(C3(OCC(=O)Nc4cc(Cl)cc(Cl)c4)CCN(Cc4cccc(O)c4)CC3)cc2)c1. The Morgan fingerprint density at radius 2 is 0.769 bits per heavy atom. The van der Waals surface area contributed by atoms with Crippen LogP contribution in [0.4, 0.5) is 17.1 Å². The van der Waals surface area contributed by atoms with Gasteiger partial charge in [0.15, 0.2) is 0 Å². The molecule has 618 valence electrons. The lowest BCUT2D eigenvalue weighted by atomic mass is 9.78. The number of aromatic hydroxyl groups is 2. The Morgan fingerprint density at radius 3 is 1.15 bits per heavy atom. The van der Waals surface area contributed by atoms with E-state index in [1.165, 1.54) is 31.2 Å². The van der Waals surface area contributed by atoms with E-state index in [9.17, 15) is 40.4 Å². The van der Waals surface area contributed by atoms with Crippen LogP contribution >= 0.6 is 69.6 Å². The zero-order valence-corrected chi connectivity index (χ0v) is 71.5. The number of piperidine rings is 3. The van der Waals surface area contributed by atoms with Crippen molar-refractivity contribution in [3.8, 4) is 63.1 Å². The number of nitrogens with zero attached hydrogens (tertiary/aromatic N) is 7. The van der Waals surface area contributed by atoms with Gasteiger partial charge in [0.25, 0.3) is 0 Å². The van der Waals surface area contributed by atoms with Crippen LogP contribution < -0.4 is 16.0 Å². The van der Waals surface area contributed by atoms with E-state index in [-0.39, 0.29) is 54.5 Å². The van der Waals surface area contributed by atoms with Gasteiger partial charge in [-0.25, -0.2) is 0 Å². The van der Waals surface area contributed by atoms with Crippen molar-refractivity contribution in [3.63, 3.8) is 0 Å². The van der Waals surface area contributed by atoms with E-state index in [0.717, 1.165) is 114 Å². The second kappa shape index (κ2) is 41.3. The molecule has 121 heavy (non-hydrogen) atoms. The molecule has 11 aromatic carbocycles. The summed E-state index contributed by atoms with van der Waals surface area (Å²) in [4.78, 5) is 48.5. The Balaban J connectivity index is 0.000000157. The molecule has 1 saturated carbocycles. The summed E-state index contributed by atoms with van der Waals surface area (Å²) in [5.74, 6) is -0.183. The van der Waals surface area contributed by atoms with Crippen molar-refractivity contribution in [3.05, 3.63) is 323 Å². The molecular weight excluding hydrogens is 1640 g/mol. The molecule has 4 aliphatic rings. The first-order valence-corrected chi connectivity index (χ1v) is 42.6. The fraction of sp³-hybridized carbons (Fsp3) is 0.265. The Bertz CT molecular complexity index is 5510. The summed E-state index contributed by atoms with van der Waals surface area (Å²) in [5, 5.41) is 58.7. The van der Waals surface area contributed by atoms with Gasteiger partial charge in [-0.3, -0.25) is 29.1 Å². The number of ether oxygens (including phenoxy) is 2. The van der Waals surface area contributed by atoms with Crippen molar-refractivity contribution in [2.24, 2.45) is 0 Å². The van der Waals surface area contributed by atoms with Gasteiger partial charge in [-0.2, -0.15) is 15.8 Å². The van der Waals surface area contributed by atoms with E-state index in [1.54, 1.807) is 91.0 Å². The monoisotopic (exact) mass is 1730 g/mol. The highest BCUT2D eigenvalue weighted by atomic mass is 35.5. The first kappa shape index (κ1) is 88.2. The largest absolute Gasteiger partial charge is 0.508 e. The van der Waals surface area contributed by atoms with Crippen LogP contribution in [0.2, 0.25) is 30.1 Å². The topological polar surface area (TPSA) is 231 Å². The highest BCUT2D eigenvalue weighted by Gasteiger charge is 2.43. The number of halogens is 6. The molecule has 23 heteroatoms. The van der Waals surface area contributed by atoms with E-state index in [4.69, 9.17) is 79.1 Å². The molecule has 3 saturated heterocycles. The third-order valence-electron chi connectivity index (χ3n) is 23.2. The maximum Gasteiger partial charge on any atom is 0.250 e. The number of benzene rings is 11. The second-order valence-electron chi connectivity index (χ2n) is 31.2. The normalized spacial score (nSPS) is 15.7. The first-order chi connectivity index (χ1) is 58.5. The van der Waals surface area contributed by atoms with Gasteiger partial charge >= 0.3 is 0 Å². The number of anilines is 3. The van der Waals surface area contributed by atoms with E-state index in [2.05, 4.69) is 97.2 Å². The molecule has 11 aromatic rings. The van der Waals surface area contributed by atoms with Crippen molar-refractivity contribution >= 4 is 104 Å². The van der Waals surface area contributed by atoms with Gasteiger partial charge in [0.2, 0.25) is 17.7 Å². The smallest absolute Gasteiger partial charge is 0.250 e. The summed E-state index contributed by atoms with van der Waals surface area (Å²) < 4.78 is 12.9. The number of phenolic OH excluding ortho intramolecular Hbond substituents is 2. The summed E-state index contributed by atoms with van der Waals surface area (Å²) in [6, 6.07) is 84.4. The zero-order valence-electron chi connectivity index (χ0n) is 66.9. The lowest BCUT2D eigenvalue weighted by Crippen LogP contribution is -2.54. The number of rotatable bonds is 23. The number of nitriles is 3. The molecule has 17 nitrogen and oxygen atoms in total.